The molecule has 0 atom stereocenters. The lowest BCUT2D eigenvalue weighted by Gasteiger charge is -2.12. The minimum Gasteiger partial charge on any atom is -0.296 e. The highest BCUT2D eigenvalue weighted by Gasteiger charge is 2.29. The van der Waals surface area contributed by atoms with E-state index in [0.29, 0.717) is 11.0 Å². The Morgan fingerprint density at radius 1 is 1.26 bits per heavy atom. The average molecular weight is 351 g/mol. The number of rotatable bonds is 5. The summed E-state index contributed by atoms with van der Waals surface area (Å²) in [6, 6.07) is 6.22. The van der Waals surface area contributed by atoms with Crippen LogP contribution in [-0.4, -0.2) is 29.8 Å². The summed E-state index contributed by atoms with van der Waals surface area (Å²) in [5, 5.41) is 11.4. The van der Waals surface area contributed by atoms with E-state index in [2.05, 4.69) is 15.5 Å². The summed E-state index contributed by atoms with van der Waals surface area (Å²) in [6.45, 7) is 3.19. The molecule has 0 bridgehead atoms. The zero-order valence-corrected chi connectivity index (χ0v) is 14.4. The molecule has 0 spiro atoms. The van der Waals surface area contributed by atoms with Gasteiger partial charge in [0.1, 0.15) is 5.01 Å². The van der Waals surface area contributed by atoms with Crippen molar-refractivity contribution in [3.05, 3.63) is 34.8 Å². The third-order valence-corrected chi connectivity index (χ3v) is 6.86. The van der Waals surface area contributed by atoms with E-state index >= 15 is 0 Å². The first-order valence-electron chi connectivity index (χ1n) is 7.37. The summed E-state index contributed by atoms with van der Waals surface area (Å²) >= 11 is 1.34. The van der Waals surface area contributed by atoms with Gasteiger partial charge in [0.25, 0.3) is 5.91 Å². The number of hydrogen-bond acceptors (Lipinski definition) is 6. The van der Waals surface area contributed by atoms with Crippen LogP contribution in [0.2, 0.25) is 0 Å². The molecule has 1 saturated carbocycles. The van der Waals surface area contributed by atoms with Gasteiger partial charge in [0, 0.05) is 5.92 Å². The van der Waals surface area contributed by atoms with Crippen LogP contribution in [0.5, 0.6) is 0 Å². The Balaban J connectivity index is 1.87. The fraction of sp³-hybridized carbons (Fsp3) is 0.400. The first-order valence-corrected chi connectivity index (χ1v) is 9.73. The Kier molecular flexibility index (Phi) is 4.20. The Morgan fingerprint density at radius 3 is 2.61 bits per heavy atom. The number of nitrogens with one attached hydrogen (secondary N) is 1. The summed E-state index contributed by atoms with van der Waals surface area (Å²) in [5.41, 5.74) is 0.129. The highest BCUT2D eigenvalue weighted by atomic mass is 32.2. The Morgan fingerprint density at radius 2 is 1.96 bits per heavy atom. The van der Waals surface area contributed by atoms with Gasteiger partial charge in [-0.25, -0.2) is 8.42 Å². The van der Waals surface area contributed by atoms with Gasteiger partial charge in [-0.1, -0.05) is 23.5 Å². The first-order chi connectivity index (χ1) is 10.9. The topological polar surface area (TPSA) is 89.0 Å². The van der Waals surface area contributed by atoms with E-state index in [9.17, 15) is 13.2 Å². The first kappa shape index (κ1) is 16.1. The predicted octanol–water partition coefficient (Wildman–Crippen LogP) is 2.85. The zero-order valence-electron chi connectivity index (χ0n) is 12.8. The van der Waals surface area contributed by atoms with Crippen molar-refractivity contribution < 1.29 is 13.2 Å². The van der Waals surface area contributed by atoms with Crippen LogP contribution >= 0.6 is 11.3 Å². The molecule has 1 N–H and O–H groups in total. The molecule has 6 nitrogen and oxygen atoms in total. The molecule has 8 heteroatoms. The smallest absolute Gasteiger partial charge is 0.258 e. The van der Waals surface area contributed by atoms with Crippen molar-refractivity contribution in [2.24, 2.45) is 0 Å². The second kappa shape index (κ2) is 6.01. The van der Waals surface area contributed by atoms with Crippen LogP contribution in [0.25, 0.3) is 0 Å². The SMILES string of the molecule is CC(C)S(=O)(=O)c1ccccc1C(=O)Nc1nnc(C2CC2)s1. The van der Waals surface area contributed by atoms with Crippen molar-refractivity contribution >= 4 is 32.2 Å². The zero-order chi connectivity index (χ0) is 16.6. The molecule has 1 aliphatic rings. The van der Waals surface area contributed by atoms with E-state index in [4.69, 9.17) is 0 Å². The standard InChI is InChI=1S/C15H17N3O3S2/c1-9(2)23(20,21)12-6-4-3-5-11(12)13(19)16-15-18-17-14(22-15)10-7-8-10/h3-6,9-10H,7-8H2,1-2H3,(H,16,18,19). The lowest BCUT2D eigenvalue weighted by atomic mass is 10.2. The molecule has 3 rings (SSSR count). The lowest BCUT2D eigenvalue weighted by Crippen LogP contribution is -2.20. The third-order valence-electron chi connectivity index (χ3n) is 3.65. The van der Waals surface area contributed by atoms with Gasteiger partial charge in [0.15, 0.2) is 9.84 Å². The number of aromatic nitrogens is 2. The van der Waals surface area contributed by atoms with Crippen molar-refractivity contribution in [3.63, 3.8) is 0 Å². The van der Waals surface area contributed by atoms with Crippen molar-refractivity contribution in [2.75, 3.05) is 5.32 Å². The van der Waals surface area contributed by atoms with E-state index in [1.54, 1.807) is 26.0 Å². The lowest BCUT2D eigenvalue weighted by molar-refractivity contribution is 0.102. The van der Waals surface area contributed by atoms with E-state index in [1.165, 1.54) is 23.5 Å². The van der Waals surface area contributed by atoms with Crippen LogP contribution in [-0.2, 0) is 9.84 Å². The molecule has 1 aromatic carbocycles. The minimum absolute atomic E-state index is 0.0411. The number of carbonyl (C=O) groups excluding carboxylic acids is 1. The summed E-state index contributed by atoms with van der Waals surface area (Å²) in [4.78, 5) is 12.5. The fourth-order valence-corrected chi connectivity index (χ4v) is 4.25. The fourth-order valence-electron chi connectivity index (χ4n) is 2.10. The Bertz CT molecular complexity index is 839. The van der Waals surface area contributed by atoms with Crippen LogP contribution in [0, 0.1) is 0 Å². The summed E-state index contributed by atoms with van der Waals surface area (Å²) in [7, 11) is -3.54. The van der Waals surface area contributed by atoms with Gasteiger partial charge in [0.2, 0.25) is 5.13 Å². The maximum atomic E-state index is 12.5. The minimum atomic E-state index is -3.54. The quantitative estimate of drug-likeness (QED) is 0.895. The molecule has 0 radical (unpaired) electrons. The normalized spacial score (nSPS) is 14.9. The highest BCUT2D eigenvalue weighted by Crippen LogP contribution is 2.42. The van der Waals surface area contributed by atoms with E-state index in [0.717, 1.165) is 17.8 Å². The van der Waals surface area contributed by atoms with Crippen molar-refractivity contribution in [1.82, 2.24) is 10.2 Å². The number of nitrogens with zero attached hydrogens (tertiary/aromatic N) is 2. The summed E-state index contributed by atoms with van der Waals surface area (Å²) in [6.07, 6.45) is 2.22. The van der Waals surface area contributed by atoms with Crippen LogP contribution in [0.15, 0.2) is 29.2 Å². The van der Waals surface area contributed by atoms with E-state index in [-0.39, 0.29) is 10.5 Å². The molecule has 23 heavy (non-hydrogen) atoms. The number of anilines is 1. The maximum Gasteiger partial charge on any atom is 0.258 e. The summed E-state index contributed by atoms with van der Waals surface area (Å²) < 4.78 is 24.8. The Hall–Kier alpha value is -1.80. The molecule has 2 aromatic rings. The summed E-state index contributed by atoms with van der Waals surface area (Å²) in [5.74, 6) is -0.0184. The molecule has 122 valence electrons. The van der Waals surface area contributed by atoms with Crippen LogP contribution in [0.1, 0.15) is 48.0 Å². The Labute approximate surface area is 138 Å². The van der Waals surface area contributed by atoms with Gasteiger partial charge in [-0.15, -0.1) is 10.2 Å². The molecule has 1 heterocycles. The molecule has 1 aromatic heterocycles. The number of carbonyl (C=O) groups is 1. The van der Waals surface area contributed by atoms with Gasteiger partial charge >= 0.3 is 0 Å². The monoisotopic (exact) mass is 351 g/mol. The molecule has 1 amide bonds. The second-order valence-electron chi connectivity index (χ2n) is 5.76. The molecular formula is C15H17N3O3S2. The molecule has 0 saturated heterocycles. The number of benzene rings is 1. The maximum absolute atomic E-state index is 12.5. The van der Waals surface area contributed by atoms with Gasteiger partial charge in [-0.3, -0.25) is 10.1 Å². The average Bonchev–Trinajstić information content (AvgIpc) is 3.27. The van der Waals surface area contributed by atoms with Crippen LogP contribution < -0.4 is 5.32 Å². The van der Waals surface area contributed by atoms with Gasteiger partial charge < -0.3 is 0 Å². The van der Waals surface area contributed by atoms with E-state index in [1.807, 2.05) is 0 Å². The highest BCUT2D eigenvalue weighted by molar-refractivity contribution is 7.92. The van der Waals surface area contributed by atoms with Gasteiger partial charge in [0.05, 0.1) is 15.7 Å². The predicted molar refractivity (Wildman–Crippen MR) is 88.6 cm³/mol. The number of hydrogen-bond donors (Lipinski definition) is 1. The molecule has 0 unspecified atom stereocenters. The van der Waals surface area contributed by atoms with Crippen molar-refractivity contribution in [3.8, 4) is 0 Å². The van der Waals surface area contributed by atoms with Crippen molar-refractivity contribution in [1.29, 1.82) is 0 Å². The van der Waals surface area contributed by atoms with Gasteiger partial charge in [-0.2, -0.15) is 0 Å². The third kappa shape index (κ3) is 3.28. The number of sulfone groups is 1. The number of amides is 1. The van der Waals surface area contributed by atoms with E-state index < -0.39 is 21.0 Å². The molecule has 1 aliphatic carbocycles. The van der Waals surface area contributed by atoms with Crippen LogP contribution in [0.4, 0.5) is 5.13 Å². The van der Waals surface area contributed by atoms with Crippen molar-refractivity contribution in [2.45, 2.75) is 42.8 Å². The molecular weight excluding hydrogens is 334 g/mol. The molecule has 1 fully saturated rings. The molecule has 0 aliphatic heterocycles. The van der Waals surface area contributed by atoms with Crippen LogP contribution in [0.3, 0.4) is 0 Å². The largest absolute Gasteiger partial charge is 0.296 e. The second-order valence-corrected chi connectivity index (χ2v) is 9.25. The van der Waals surface area contributed by atoms with Gasteiger partial charge in [-0.05, 0) is 38.8 Å².